The van der Waals surface area contributed by atoms with E-state index in [1.165, 1.54) is 18.3 Å². The number of aliphatic hydroxyl groups excluding tert-OH is 1. The van der Waals surface area contributed by atoms with Gasteiger partial charge in [-0.1, -0.05) is 0 Å². The number of hydrogen-bond donors (Lipinski definition) is 3. The van der Waals surface area contributed by atoms with Crippen LogP contribution in [-0.4, -0.2) is 65.4 Å². The molecule has 2 atom stereocenters. The van der Waals surface area contributed by atoms with Crippen LogP contribution in [0.2, 0.25) is 0 Å². The number of amides is 1. The van der Waals surface area contributed by atoms with Crippen LogP contribution in [0, 0.1) is 17.2 Å². The van der Waals surface area contributed by atoms with E-state index < -0.39 is 22.6 Å². The van der Waals surface area contributed by atoms with Crippen molar-refractivity contribution >= 4 is 23.3 Å². The Morgan fingerprint density at radius 2 is 2.21 bits per heavy atom. The van der Waals surface area contributed by atoms with Gasteiger partial charge < -0.3 is 24.8 Å². The molecular weight excluding hydrogens is 371 g/mol. The zero-order chi connectivity index (χ0) is 20.3. The fourth-order valence-electron chi connectivity index (χ4n) is 3.99. The van der Waals surface area contributed by atoms with Crippen molar-refractivity contribution in [3.8, 4) is 0 Å². The highest BCUT2D eigenvalue weighted by molar-refractivity contribution is 5.97. The lowest BCUT2D eigenvalue weighted by molar-refractivity contribution is -0.122. The van der Waals surface area contributed by atoms with Crippen molar-refractivity contribution in [3.63, 3.8) is 0 Å². The van der Waals surface area contributed by atoms with E-state index in [-0.39, 0.29) is 29.9 Å². The highest BCUT2D eigenvalue weighted by Crippen LogP contribution is 2.41. The van der Waals surface area contributed by atoms with Crippen molar-refractivity contribution in [1.82, 2.24) is 9.88 Å². The monoisotopic (exact) mass is 392 g/mol. The summed E-state index contributed by atoms with van der Waals surface area (Å²) in [6.45, 7) is 1.57. The van der Waals surface area contributed by atoms with Crippen molar-refractivity contribution in [2.45, 2.75) is 6.42 Å². The van der Waals surface area contributed by atoms with Crippen LogP contribution < -0.4 is 5.43 Å². The standard InChI is InChI=1S/C18H19FN2O4.CH2O2/c19-12-1-2-15-13(5-12)16(23)14(6-20-15)17(24)21-7-11-3-4-25-10-18(11,8-21)9-22;2-1-3/h1-2,5-6,11,22H,3-4,7-10H2,(H,20,23);1H,(H,2,3)/t11-,18+;/m0./s1. The second kappa shape index (κ2) is 8.07. The number of carboxylic acid groups (broad SMARTS) is 1. The van der Waals surface area contributed by atoms with Crippen LogP contribution >= 0.6 is 0 Å². The van der Waals surface area contributed by atoms with E-state index in [0.717, 1.165) is 12.5 Å². The zero-order valence-electron chi connectivity index (χ0n) is 15.1. The maximum Gasteiger partial charge on any atom is 0.290 e. The van der Waals surface area contributed by atoms with Crippen molar-refractivity contribution in [1.29, 1.82) is 0 Å². The van der Waals surface area contributed by atoms with Crippen molar-refractivity contribution in [3.05, 3.63) is 46.0 Å². The van der Waals surface area contributed by atoms with Gasteiger partial charge in [-0.3, -0.25) is 14.4 Å². The number of nitrogens with one attached hydrogen (secondary N) is 1. The molecule has 28 heavy (non-hydrogen) atoms. The first-order valence-electron chi connectivity index (χ1n) is 8.82. The SMILES string of the molecule is O=C(c1c[nH]c2ccc(F)cc2c1=O)N1C[C@@H]2CCOC[C@]2(CO)C1.O=CO. The molecule has 3 N–H and O–H groups in total. The molecular formula is C19H21FN2O6. The molecule has 0 unspecified atom stereocenters. The maximum absolute atomic E-state index is 13.5. The molecule has 2 aliphatic rings. The lowest BCUT2D eigenvalue weighted by atomic mass is 9.76. The molecule has 2 aliphatic heterocycles. The summed E-state index contributed by atoms with van der Waals surface area (Å²) in [5.74, 6) is -0.756. The van der Waals surface area contributed by atoms with E-state index in [4.69, 9.17) is 14.6 Å². The molecule has 0 spiro atoms. The summed E-state index contributed by atoms with van der Waals surface area (Å²) in [6.07, 6.45) is 2.17. The Morgan fingerprint density at radius 1 is 1.46 bits per heavy atom. The molecule has 0 saturated carbocycles. The molecule has 8 nitrogen and oxygen atoms in total. The second-order valence-electron chi connectivity index (χ2n) is 7.07. The highest BCUT2D eigenvalue weighted by Gasteiger charge is 2.49. The third-order valence-electron chi connectivity index (χ3n) is 5.49. The van der Waals surface area contributed by atoms with E-state index in [0.29, 0.717) is 31.8 Å². The van der Waals surface area contributed by atoms with Crippen LogP contribution in [0.1, 0.15) is 16.8 Å². The van der Waals surface area contributed by atoms with Gasteiger partial charge in [-0.2, -0.15) is 0 Å². The molecule has 0 radical (unpaired) electrons. The molecule has 2 aromatic rings. The van der Waals surface area contributed by atoms with E-state index in [2.05, 4.69) is 4.98 Å². The van der Waals surface area contributed by atoms with E-state index in [1.807, 2.05) is 0 Å². The first kappa shape index (κ1) is 20.0. The molecule has 0 bridgehead atoms. The number of ether oxygens (including phenoxy) is 1. The van der Waals surface area contributed by atoms with Gasteiger partial charge in [-0.15, -0.1) is 0 Å². The lowest BCUT2D eigenvalue weighted by Crippen LogP contribution is -2.43. The number of hydrogen-bond acceptors (Lipinski definition) is 5. The molecule has 9 heteroatoms. The first-order chi connectivity index (χ1) is 13.5. The van der Waals surface area contributed by atoms with Crippen LogP contribution in [0.15, 0.2) is 29.2 Å². The maximum atomic E-state index is 13.5. The van der Waals surface area contributed by atoms with Gasteiger partial charge in [0.05, 0.1) is 13.2 Å². The van der Waals surface area contributed by atoms with Gasteiger partial charge in [0.25, 0.3) is 12.4 Å². The topological polar surface area (TPSA) is 120 Å². The Labute approximate surface area is 159 Å². The number of carbonyl (C=O) groups excluding carboxylic acids is 1. The Bertz CT molecular complexity index is 946. The number of aliphatic hydroxyl groups is 1. The molecule has 3 heterocycles. The normalized spacial score (nSPS) is 23.6. The lowest BCUT2D eigenvalue weighted by Gasteiger charge is -2.36. The third-order valence-corrected chi connectivity index (χ3v) is 5.49. The van der Waals surface area contributed by atoms with Gasteiger partial charge in [-0.25, -0.2) is 4.39 Å². The quantitative estimate of drug-likeness (QED) is 0.652. The van der Waals surface area contributed by atoms with Crippen LogP contribution in [0.3, 0.4) is 0 Å². The molecule has 1 aromatic carbocycles. The Hall–Kier alpha value is -2.78. The minimum absolute atomic E-state index is 0.00856. The number of pyridine rings is 1. The third kappa shape index (κ3) is 3.50. The molecule has 1 aromatic heterocycles. The predicted molar refractivity (Wildman–Crippen MR) is 97.6 cm³/mol. The smallest absolute Gasteiger partial charge is 0.290 e. The Kier molecular flexibility index (Phi) is 5.76. The number of benzene rings is 1. The number of likely N-dealkylation sites (tertiary alicyclic amines) is 1. The molecule has 1 amide bonds. The van der Waals surface area contributed by atoms with Gasteiger partial charge in [-0.05, 0) is 30.5 Å². The Balaban J connectivity index is 0.000000706. The van der Waals surface area contributed by atoms with Crippen LogP contribution in [0.4, 0.5) is 4.39 Å². The predicted octanol–water partition coefficient (Wildman–Crippen LogP) is 0.839. The summed E-state index contributed by atoms with van der Waals surface area (Å²) in [7, 11) is 0. The molecule has 4 rings (SSSR count). The van der Waals surface area contributed by atoms with Gasteiger partial charge in [0.2, 0.25) is 5.43 Å². The van der Waals surface area contributed by atoms with Crippen molar-refractivity contribution in [2.24, 2.45) is 11.3 Å². The number of H-pyrrole nitrogens is 1. The average molecular weight is 392 g/mol. The van der Waals surface area contributed by atoms with Crippen molar-refractivity contribution in [2.75, 3.05) is 32.9 Å². The second-order valence-corrected chi connectivity index (χ2v) is 7.07. The number of rotatable bonds is 2. The summed E-state index contributed by atoms with van der Waals surface area (Å²) in [6, 6.07) is 3.87. The number of aromatic amines is 1. The summed E-state index contributed by atoms with van der Waals surface area (Å²) in [5, 5.41) is 16.9. The van der Waals surface area contributed by atoms with Gasteiger partial charge in [0, 0.05) is 42.2 Å². The molecule has 0 aliphatic carbocycles. The summed E-state index contributed by atoms with van der Waals surface area (Å²) in [5.41, 5.74) is -0.463. The van der Waals surface area contributed by atoms with E-state index in [9.17, 15) is 19.1 Å². The number of fused-ring (bicyclic) bond motifs is 2. The summed E-state index contributed by atoms with van der Waals surface area (Å²) < 4.78 is 19.0. The molecule has 2 fully saturated rings. The summed E-state index contributed by atoms with van der Waals surface area (Å²) >= 11 is 0. The first-order valence-corrected chi connectivity index (χ1v) is 8.82. The number of carbonyl (C=O) groups is 2. The highest BCUT2D eigenvalue weighted by atomic mass is 19.1. The van der Waals surface area contributed by atoms with E-state index in [1.54, 1.807) is 4.90 Å². The molecule has 2 saturated heterocycles. The largest absolute Gasteiger partial charge is 0.483 e. The minimum Gasteiger partial charge on any atom is -0.483 e. The zero-order valence-corrected chi connectivity index (χ0v) is 15.1. The minimum atomic E-state index is -0.522. The van der Waals surface area contributed by atoms with Crippen LogP contribution in [0.25, 0.3) is 10.9 Å². The summed E-state index contributed by atoms with van der Waals surface area (Å²) in [4.78, 5) is 38.4. The van der Waals surface area contributed by atoms with Gasteiger partial charge in [0.1, 0.15) is 11.4 Å². The number of nitrogens with zero attached hydrogens (tertiary/aromatic N) is 1. The van der Waals surface area contributed by atoms with Crippen LogP contribution in [-0.2, 0) is 9.53 Å². The molecule has 150 valence electrons. The average Bonchev–Trinajstić information content (AvgIpc) is 3.09. The van der Waals surface area contributed by atoms with Crippen molar-refractivity contribution < 1.29 is 28.9 Å². The number of halogens is 1. The Morgan fingerprint density at radius 3 is 2.89 bits per heavy atom. The fraction of sp³-hybridized carbons (Fsp3) is 0.421. The van der Waals surface area contributed by atoms with Gasteiger partial charge in [0.15, 0.2) is 0 Å². The van der Waals surface area contributed by atoms with Gasteiger partial charge >= 0.3 is 0 Å². The number of aromatic nitrogens is 1. The van der Waals surface area contributed by atoms with E-state index >= 15 is 0 Å². The van der Waals surface area contributed by atoms with Crippen LogP contribution in [0.5, 0.6) is 0 Å². The fourth-order valence-corrected chi connectivity index (χ4v) is 3.99.